The van der Waals surface area contributed by atoms with Gasteiger partial charge in [0.15, 0.2) is 0 Å². The Kier molecular flexibility index (Phi) is 6.46. The topological polar surface area (TPSA) is 50.1 Å². The fraction of sp³-hybridized carbons (Fsp3) is 0.241. The van der Waals surface area contributed by atoms with Crippen molar-refractivity contribution in [1.29, 1.82) is 0 Å². The zero-order valence-corrected chi connectivity index (χ0v) is 21.6. The van der Waals surface area contributed by atoms with Crippen molar-refractivity contribution >= 4 is 46.0 Å². The Hall–Kier alpha value is -2.88. The minimum absolute atomic E-state index is 0.120. The highest BCUT2D eigenvalue weighted by Crippen LogP contribution is 2.64. The maximum Gasteiger partial charge on any atom is 0.0582 e. The molecule has 3 unspecified atom stereocenters. The largest absolute Gasteiger partial charge is 0.399 e. The molecule has 5 heteroatoms. The maximum atomic E-state index is 6.93. The molecule has 0 amide bonds. The number of nitrogens with one attached hydrogen (secondary N) is 2. The van der Waals surface area contributed by atoms with Crippen molar-refractivity contribution in [2.75, 3.05) is 16.4 Å². The molecule has 0 saturated heterocycles. The van der Waals surface area contributed by atoms with Crippen LogP contribution in [0, 0.1) is 26.7 Å². The van der Waals surface area contributed by atoms with E-state index in [1.54, 1.807) is 0 Å². The van der Waals surface area contributed by atoms with Gasteiger partial charge in [0, 0.05) is 45.9 Å². The molecule has 0 spiro atoms. The van der Waals surface area contributed by atoms with E-state index in [9.17, 15) is 0 Å². The van der Waals surface area contributed by atoms with Crippen LogP contribution in [-0.4, -0.2) is 4.87 Å². The first-order valence-electron chi connectivity index (χ1n) is 11.3. The molecular weight excluding hydrogens is 461 g/mol. The van der Waals surface area contributed by atoms with Gasteiger partial charge in [-0.15, -0.1) is 11.6 Å². The Morgan fingerprint density at radius 1 is 0.912 bits per heavy atom. The number of anilines is 3. The first-order chi connectivity index (χ1) is 16.0. The van der Waals surface area contributed by atoms with Gasteiger partial charge in [-0.2, -0.15) is 0 Å². The third kappa shape index (κ3) is 4.68. The van der Waals surface area contributed by atoms with E-state index < -0.39 is 0 Å². The van der Waals surface area contributed by atoms with E-state index in [0.29, 0.717) is 10.7 Å². The molecule has 0 radical (unpaired) electrons. The van der Waals surface area contributed by atoms with Crippen molar-refractivity contribution in [2.45, 2.75) is 38.5 Å². The SMILES string of the molecule is C=C(Nc1ccc(N)cc1C)c1cc(NC(=C)C2C(c3ccc(C)c(C)c3)C2(C)Cl)ccc1Cl. The van der Waals surface area contributed by atoms with Gasteiger partial charge in [-0.3, -0.25) is 0 Å². The van der Waals surface area contributed by atoms with Crippen LogP contribution in [0.1, 0.15) is 40.7 Å². The number of allylic oxidation sites excluding steroid dienone is 1. The lowest BCUT2D eigenvalue weighted by Gasteiger charge is -2.16. The van der Waals surface area contributed by atoms with Gasteiger partial charge in [0.25, 0.3) is 0 Å². The third-order valence-electron chi connectivity index (χ3n) is 6.84. The van der Waals surface area contributed by atoms with Gasteiger partial charge in [-0.25, -0.2) is 0 Å². The molecule has 176 valence electrons. The van der Waals surface area contributed by atoms with Crippen molar-refractivity contribution in [3.63, 3.8) is 0 Å². The van der Waals surface area contributed by atoms with Gasteiger partial charge < -0.3 is 16.4 Å². The van der Waals surface area contributed by atoms with Crippen molar-refractivity contribution in [3.8, 4) is 0 Å². The van der Waals surface area contributed by atoms with Crippen LogP contribution < -0.4 is 16.4 Å². The summed E-state index contributed by atoms with van der Waals surface area (Å²) in [6.45, 7) is 16.9. The van der Waals surface area contributed by atoms with Crippen molar-refractivity contribution in [3.05, 3.63) is 106 Å². The lowest BCUT2D eigenvalue weighted by Crippen LogP contribution is -2.06. The molecule has 4 rings (SSSR count). The van der Waals surface area contributed by atoms with E-state index in [0.717, 1.165) is 33.9 Å². The molecule has 34 heavy (non-hydrogen) atoms. The molecule has 3 nitrogen and oxygen atoms in total. The van der Waals surface area contributed by atoms with E-state index in [1.165, 1.54) is 16.7 Å². The van der Waals surface area contributed by atoms with Gasteiger partial charge in [0.1, 0.15) is 0 Å². The molecule has 0 bridgehead atoms. The summed E-state index contributed by atoms with van der Waals surface area (Å²) in [5.74, 6) is 0.333. The van der Waals surface area contributed by atoms with Gasteiger partial charge in [0.05, 0.1) is 9.90 Å². The predicted molar refractivity (Wildman–Crippen MR) is 149 cm³/mol. The second kappa shape index (κ2) is 9.05. The minimum Gasteiger partial charge on any atom is -0.399 e. The standard InChI is InChI=1S/C29H31Cl2N3/c1-16-7-8-21(13-17(16)2)28-27(29(28,6)31)20(5)33-23-10-11-25(30)24(15-23)19(4)34-26-12-9-22(32)14-18(26)3/h7-15,27-28,33-34H,4-5,32H2,1-3,6H3. The highest BCUT2D eigenvalue weighted by Gasteiger charge is 2.62. The molecule has 1 aliphatic carbocycles. The molecule has 1 fully saturated rings. The number of nitrogen functional groups attached to an aromatic ring is 1. The third-order valence-corrected chi connectivity index (χ3v) is 7.64. The lowest BCUT2D eigenvalue weighted by atomic mass is 10.0. The second-order valence-electron chi connectivity index (χ2n) is 9.47. The van der Waals surface area contributed by atoms with Gasteiger partial charge >= 0.3 is 0 Å². The Labute approximate surface area is 212 Å². The molecule has 3 aromatic carbocycles. The van der Waals surface area contributed by atoms with Crippen molar-refractivity contribution in [2.24, 2.45) is 5.92 Å². The Morgan fingerprint density at radius 3 is 2.32 bits per heavy atom. The van der Waals surface area contributed by atoms with Crippen LogP contribution in [0.15, 0.2) is 73.5 Å². The molecular formula is C29H31Cl2N3. The molecule has 0 aromatic heterocycles. The highest BCUT2D eigenvalue weighted by atomic mass is 35.5. The summed E-state index contributed by atoms with van der Waals surface area (Å²) in [4.78, 5) is -0.376. The van der Waals surface area contributed by atoms with E-state index in [4.69, 9.17) is 28.9 Å². The molecule has 4 N–H and O–H groups in total. The van der Waals surface area contributed by atoms with Gasteiger partial charge in [-0.1, -0.05) is 43.0 Å². The number of rotatable bonds is 7. The fourth-order valence-electron chi connectivity index (χ4n) is 4.66. The van der Waals surface area contributed by atoms with Crippen LogP contribution in [0.5, 0.6) is 0 Å². The summed E-state index contributed by atoms with van der Waals surface area (Å²) in [7, 11) is 0. The van der Waals surface area contributed by atoms with Crippen LogP contribution in [0.4, 0.5) is 17.1 Å². The molecule has 0 aliphatic heterocycles. The van der Waals surface area contributed by atoms with Crippen LogP contribution >= 0.6 is 23.2 Å². The minimum atomic E-state index is -0.376. The average molecular weight is 492 g/mol. The first kappa shape index (κ1) is 24.3. The number of hydrogen-bond acceptors (Lipinski definition) is 3. The molecule has 3 atom stereocenters. The maximum absolute atomic E-state index is 6.93. The van der Waals surface area contributed by atoms with Gasteiger partial charge in [0.2, 0.25) is 0 Å². The summed E-state index contributed by atoms with van der Waals surface area (Å²) >= 11 is 13.4. The van der Waals surface area contributed by atoms with Crippen molar-refractivity contribution < 1.29 is 0 Å². The number of benzene rings is 3. The predicted octanol–water partition coefficient (Wildman–Crippen LogP) is 8.27. The monoisotopic (exact) mass is 491 g/mol. The molecule has 3 aromatic rings. The highest BCUT2D eigenvalue weighted by molar-refractivity contribution is 6.32. The van der Waals surface area contributed by atoms with E-state index >= 15 is 0 Å². The molecule has 1 aliphatic rings. The number of aryl methyl sites for hydroxylation is 3. The second-order valence-corrected chi connectivity index (χ2v) is 10.7. The summed E-state index contributed by atoms with van der Waals surface area (Å²) in [6.07, 6.45) is 0. The summed E-state index contributed by atoms with van der Waals surface area (Å²) < 4.78 is 0. The normalized spacial score (nSPS) is 21.1. The Morgan fingerprint density at radius 2 is 1.65 bits per heavy atom. The van der Waals surface area contributed by atoms with Crippen LogP contribution in [0.25, 0.3) is 5.70 Å². The Bertz CT molecular complexity index is 1290. The lowest BCUT2D eigenvalue weighted by molar-refractivity contribution is 0.898. The zero-order valence-electron chi connectivity index (χ0n) is 20.1. The summed E-state index contributed by atoms with van der Waals surface area (Å²) in [5.41, 5.74) is 15.7. The smallest absolute Gasteiger partial charge is 0.0582 e. The number of halogens is 2. The van der Waals surface area contributed by atoms with Crippen LogP contribution in [0.3, 0.4) is 0 Å². The van der Waals surface area contributed by atoms with Crippen LogP contribution in [-0.2, 0) is 0 Å². The quantitative estimate of drug-likeness (QED) is 0.230. The number of alkyl halides is 1. The molecule has 0 heterocycles. The fourth-order valence-corrected chi connectivity index (χ4v) is 5.33. The zero-order chi connectivity index (χ0) is 24.8. The number of nitrogens with two attached hydrogens (primary N) is 1. The number of hydrogen-bond donors (Lipinski definition) is 3. The first-order valence-corrected chi connectivity index (χ1v) is 12.1. The van der Waals surface area contributed by atoms with Crippen LogP contribution in [0.2, 0.25) is 5.02 Å². The summed E-state index contributed by atoms with van der Waals surface area (Å²) in [6, 6.07) is 18.1. The molecule has 1 saturated carbocycles. The Balaban J connectivity index is 1.51. The van der Waals surface area contributed by atoms with Gasteiger partial charge in [-0.05, 0) is 86.3 Å². The van der Waals surface area contributed by atoms with E-state index in [1.807, 2.05) is 43.3 Å². The van der Waals surface area contributed by atoms with E-state index in [-0.39, 0.29) is 16.7 Å². The van der Waals surface area contributed by atoms with E-state index in [2.05, 4.69) is 62.8 Å². The summed E-state index contributed by atoms with van der Waals surface area (Å²) in [5, 5.41) is 7.44. The average Bonchev–Trinajstić information content (AvgIpc) is 3.35. The van der Waals surface area contributed by atoms with Crippen molar-refractivity contribution in [1.82, 2.24) is 0 Å².